The molecule has 2 aliphatic rings. The first-order valence-electron chi connectivity index (χ1n) is 5.79. The summed E-state index contributed by atoms with van der Waals surface area (Å²) in [6, 6.07) is 0. The van der Waals surface area contributed by atoms with Crippen molar-refractivity contribution in [2.45, 2.75) is 18.1 Å². The molecule has 8 heteroatoms. The van der Waals surface area contributed by atoms with Crippen molar-refractivity contribution in [2.24, 2.45) is 5.92 Å². The molecule has 2 unspecified atom stereocenters. The number of rotatable bonds is 4. The van der Waals surface area contributed by atoms with E-state index in [4.69, 9.17) is 0 Å². The van der Waals surface area contributed by atoms with Crippen LogP contribution in [0.15, 0.2) is 0 Å². The van der Waals surface area contributed by atoms with Gasteiger partial charge in [-0.2, -0.15) is 0 Å². The molecule has 100 valence electrons. The average molecular weight is 282 g/mol. The molecule has 0 aromatic carbocycles. The van der Waals surface area contributed by atoms with E-state index in [0.29, 0.717) is 19.4 Å². The highest BCUT2D eigenvalue weighted by Gasteiger charge is 2.32. The highest BCUT2D eigenvalue weighted by atomic mass is 32.2. The molecule has 2 aliphatic heterocycles. The minimum absolute atomic E-state index is 0.0656. The summed E-state index contributed by atoms with van der Waals surface area (Å²) in [5.74, 6) is 0.229. The zero-order chi connectivity index (χ0) is 12.5. The van der Waals surface area contributed by atoms with Crippen molar-refractivity contribution < 1.29 is 16.8 Å². The van der Waals surface area contributed by atoms with Crippen LogP contribution in [0, 0.1) is 5.92 Å². The number of sulfone groups is 1. The van der Waals surface area contributed by atoms with Gasteiger partial charge in [-0.25, -0.2) is 21.6 Å². The van der Waals surface area contributed by atoms with Crippen molar-refractivity contribution in [3.63, 3.8) is 0 Å². The second-order valence-electron chi connectivity index (χ2n) is 4.78. The van der Waals surface area contributed by atoms with Crippen molar-refractivity contribution in [2.75, 3.05) is 31.1 Å². The van der Waals surface area contributed by atoms with E-state index in [0.717, 1.165) is 6.54 Å². The third-order valence-electron chi connectivity index (χ3n) is 3.35. The van der Waals surface area contributed by atoms with E-state index in [2.05, 4.69) is 10.0 Å². The van der Waals surface area contributed by atoms with Crippen molar-refractivity contribution in [3.05, 3.63) is 0 Å². The van der Waals surface area contributed by atoms with E-state index < -0.39 is 19.9 Å². The SMILES string of the molecule is O=S1(=O)CCC(CNS(=O)(=O)C2CCNC2)C1. The van der Waals surface area contributed by atoms with Gasteiger partial charge in [0.2, 0.25) is 10.0 Å². The minimum Gasteiger partial charge on any atom is -0.315 e. The number of nitrogens with one attached hydrogen (secondary N) is 2. The molecule has 17 heavy (non-hydrogen) atoms. The van der Waals surface area contributed by atoms with E-state index in [1.807, 2.05) is 0 Å². The molecule has 0 aromatic heterocycles. The highest BCUT2D eigenvalue weighted by molar-refractivity contribution is 7.91. The van der Waals surface area contributed by atoms with Crippen LogP contribution < -0.4 is 10.0 Å². The van der Waals surface area contributed by atoms with Gasteiger partial charge in [-0.05, 0) is 25.3 Å². The van der Waals surface area contributed by atoms with E-state index in [1.54, 1.807) is 0 Å². The van der Waals surface area contributed by atoms with Crippen LogP contribution in [-0.4, -0.2) is 53.2 Å². The van der Waals surface area contributed by atoms with E-state index in [-0.39, 0.29) is 29.2 Å². The van der Waals surface area contributed by atoms with E-state index >= 15 is 0 Å². The summed E-state index contributed by atoms with van der Waals surface area (Å²) in [5, 5.41) is 2.63. The molecule has 0 bridgehead atoms. The van der Waals surface area contributed by atoms with Crippen LogP contribution >= 0.6 is 0 Å². The highest BCUT2D eigenvalue weighted by Crippen LogP contribution is 2.18. The molecule has 2 heterocycles. The molecule has 0 aliphatic carbocycles. The zero-order valence-electron chi connectivity index (χ0n) is 9.55. The molecule has 2 atom stereocenters. The van der Waals surface area contributed by atoms with Crippen molar-refractivity contribution in [1.29, 1.82) is 0 Å². The first kappa shape index (κ1) is 13.3. The Hall–Kier alpha value is -0.180. The average Bonchev–Trinajstić information content (AvgIpc) is 2.84. The van der Waals surface area contributed by atoms with Crippen LogP contribution in [0.3, 0.4) is 0 Å². The molecular formula is C9H18N2O4S2. The summed E-state index contributed by atoms with van der Waals surface area (Å²) in [7, 11) is -6.22. The molecule has 0 saturated carbocycles. The molecule has 0 spiro atoms. The second kappa shape index (κ2) is 4.83. The van der Waals surface area contributed by atoms with Crippen LogP contribution in [0.1, 0.15) is 12.8 Å². The molecule has 2 N–H and O–H groups in total. The van der Waals surface area contributed by atoms with Gasteiger partial charge in [0.15, 0.2) is 9.84 Å². The van der Waals surface area contributed by atoms with Gasteiger partial charge in [-0.15, -0.1) is 0 Å². The quantitative estimate of drug-likeness (QED) is 0.669. The first-order valence-corrected chi connectivity index (χ1v) is 9.15. The molecule has 6 nitrogen and oxygen atoms in total. The Morgan fingerprint density at radius 3 is 2.59 bits per heavy atom. The smallest absolute Gasteiger partial charge is 0.215 e. The molecule has 2 saturated heterocycles. The van der Waals surface area contributed by atoms with E-state index in [9.17, 15) is 16.8 Å². The lowest BCUT2D eigenvalue weighted by atomic mass is 10.1. The summed E-state index contributed by atoms with van der Waals surface area (Å²) in [6.07, 6.45) is 1.19. The summed E-state index contributed by atoms with van der Waals surface area (Å²) < 4.78 is 48.7. The fraction of sp³-hybridized carbons (Fsp3) is 1.00. The van der Waals surface area contributed by atoms with Gasteiger partial charge < -0.3 is 5.32 Å². The lowest BCUT2D eigenvalue weighted by molar-refractivity contribution is 0.535. The topological polar surface area (TPSA) is 92.3 Å². The first-order chi connectivity index (χ1) is 7.89. The maximum atomic E-state index is 11.9. The van der Waals surface area contributed by atoms with Crippen molar-refractivity contribution >= 4 is 19.9 Å². The molecule has 2 rings (SSSR count). The minimum atomic E-state index is -3.29. The van der Waals surface area contributed by atoms with Gasteiger partial charge in [0, 0.05) is 13.1 Å². The van der Waals surface area contributed by atoms with Gasteiger partial charge in [0.05, 0.1) is 16.8 Å². The van der Waals surface area contributed by atoms with Crippen LogP contribution in [-0.2, 0) is 19.9 Å². The van der Waals surface area contributed by atoms with Crippen LogP contribution in [0.25, 0.3) is 0 Å². The summed E-state index contributed by atoms with van der Waals surface area (Å²) in [6.45, 7) is 1.46. The Morgan fingerprint density at radius 2 is 2.06 bits per heavy atom. The third kappa shape index (κ3) is 3.40. The number of hydrogen-bond donors (Lipinski definition) is 2. The lowest BCUT2D eigenvalue weighted by Crippen LogP contribution is -2.38. The second-order valence-corrected chi connectivity index (χ2v) is 9.05. The summed E-state index contributed by atoms with van der Waals surface area (Å²) >= 11 is 0. The van der Waals surface area contributed by atoms with Crippen molar-refractivity contribution in [3.8, 4) is 0 Å². The maximum Gasteiger partial charge on any atom is 0.215 e. The van der Waals surface area contributed by atoms with Crippen LogP contribution in [0.5, 0.6) is 0 Å². The third-order valence-corrected chi connectivity index (χ3v) is 7.04. The number of sulfonamides is 1. The van der Waals surface area contributed by atoms with Gasteiger partial charge in [-0.3, -0.25) is 0 Å². The predicted molar refractivity (Wildman–Crippen MR) is 65.0 cm³/mol. The van der Waals surface area contributed by atoms with Crippen LogP contribution in [0.2, 0.25) is 0 Å². The van der Waals surface area contributed by atoms with Crippen LogP contribution in [0.4, 0.5) is 0 Å². The molecule has 0 radical (unpaired) electrons. The summed E-state index contributed by atoms with van der Waals surface area (Å²) in [4.78, 5) is 0. The monoisotopic (exact) mass is 282 g/mol. The zero-order valence-corrected chi connectivity index (χ0v) is 11.2. The largest absolute Gasteiger partial charge is 0.315 e. The van der Waals surface area contributed by atoms with Gasteiger partial charge in [0.1, 0.15) is 0 Å². The molecule has 0 aromatic rings. The molecule has 2 fully saturated rings. The Balaban J connectivity index is 1.86. The molecule has 0 amide bonds. The molecular weight excluding hydrogens is 264 g/mol. The van der Waals surface area contributed by atoms with Crippen molar-refractivity contribution in [1.82, 2.24) is 10.0 Å². The Kier molecular flexibility index (Phi) is 3.77. The van der Waals surface area contributed by atoms with Gasteiger partial charge in [-0.1, -0.05) is 0 Å². The predicted octanol–water partition coefficient (Wildman–Crippen LogP) is -1.30. The van der Waals surface area contributed by atoms with Gasteiger partial charge in [0.25, 0.3) is 0 Å². The maximum absolute atomic E-state index is 11.9. The Bertz CT molecular complexity index is 465. The number of hydrogen-bond acceptors (Lipinski definition) is 5. The standard InChI is InChI=1S/C9H18N2O4S2/c12-16(13)4-2-8(7-16)5-11-17(14,15)9-1-3-10-6-9/h8-11H,1-7H2. The summed E-state index contributed by atoms with van der Waals surface area (Å²) in [5.41, 5.74) is 0. The van der Waals surface area contributed by atoms with Gasteiger partial charge >= 0.3 is 0 Å². The normalized spacial score (nSPS) is 32.9. The Labute approximate surface area is 102 Å². The van der Waals surface area contributed by atoms with E-state index in [1.165, 1.54) is 0 Å². The fourth-order valence-corrected chi connectivity index (χ4v) is 5.61. The lowest BCUT2D eigenvalue weighted by Gasteiger charge is -2.14. The Morgan fingerprint density at radius 1 is 1.29 bits per heavy atom. The fourth-order valence-electron chi connectivity index (χ4n) is 2.28.